The summed E-state index contributed by atoms with van der Waals surface area (Å²) >= 11 is 0. The first-order valence-electron chi connectivity index (χ1n) is 6.84. The van der Waals surface area contributed by atoms with Crippen molar-refractivity contribution >= 4 is 5.91 Å². The molecule has 0 saturated carbocycles. The highest BCUT2D eigenvalue weighted by Gasteiger charge is 2.47. The summed E-state index contributed by atoms with van der Waals surface area (Å²) in [6, 6.07) is 1.67. The van der Waals surface area contributed by atoms with Crippen molar-refractivity contribution in [3.63, 3.8) is 0 Å². The molecule has 0 spiro atoms. The minimum absolute atomic E-state index is 0.120. The Morgan fingerprint density at radius 1 is 1.35 bits per heavy atom. The van der Waals surface area contributed by atoms with Gasteiger partial charge in [-0.05, 0) is 19.9 Å². The second-order valence-electron chi connectivity index (χ2n) is 5.59. The van der Waals surface area contributed by atoms with Gasteiger partial charge in [0.15, 0.2) is 0 Å². The third-order valence-electron chi connectivity index (χ3n) is 4.36. The number of fused-ring (bicyclic) bond motifs is 1. The summed E-state index contributed by atoms with van der Waals surface area (Å²) in [7, 11) is 1.94. The molecule has 110 valence electrons. The number of hydrogen-bond acceptors (Lipinski definition) is 4. The van der Waals surface area contributed by atoms with Gasteiger partial charge >= 0.3 is 0 Å². The van der Waals surface area contributed by atoms with Crippen LogP contribution in [0.2, 0.25) is 0 Å². The molecular formula is C14H20N2O4. The van der Waals surface area contributed by atoms with Crippen molar-refractivity contribution < 1.29 is 19.4 Å². The molecule has 4 atom stereocenters. The highest BCUT2D eigenvalue weighted by molar-refractivity contribution is 5.96. The maximum Gasteiger partial charge on any atom is 0.253 e. The van der Waals surface area contributed by atoms with Crippen LogP contribution in [0, 0.1) is 13.8 Å². The SMILES string of the molecule is Cc1cc(C(=O)N[C@@H]2CO[C@H]3[C@@H]2OC[C@H]3O)c(C)n1C. The zero-order valence-corrected chi connectivity index (χ0v) is 11.9. The van der Waals surface area contributed by atoms with Crippen LogP contribution < -0.4 is 5.32 Å². The van der Waals surface area contributed by atoms with Crippen molar-refractivity contribution in [3.8, 4) is 0 Å². The number of aliphatic hydroxyl groups excluding tert-OH is 1. The topological polar surface area (TPSA) is 72.7 Å². The molecule has 2 N–H and O–H groups in total. The van der Waals surface area contributed by atoms with Gasteiger partial charge < -0.3 is 24.5 Å². The molecule has 0 bridgehead atoms. The van der Waals surface area contributed by atoms with Crippen LogP contribution in [0.15, 0.2) is 6.07 Å². The van der Waals surface area contributed by atoms with Crippen LogP contribution in [-0.4, -0.2) is 53.1 Å². The molecule has 2 aliphatic rings. The first-order valence-corrected chi connectivity index (χ1v) is 6.84. The molecule has 0 unspecified atom stereocenters. The molecule has 1 aromatic rings. The number of ether oxygens (including phenoxy) is 2. The molecule has 2 fully saturated rings. The van der Waals surface area contributed by atoms with Gasteiger partial charge in [-0.3, -0.25) is 4.79 Å². The molecule has 2 aliphatic heterocycles. The molecule has 0 radical (unpaired) electrons. The average molecular weight is 280 g/mol. The zero-order chi connectivity index (χ0) is 14.4. The second-order valence-corrected chi connectivity index (χ2v) is 5.59. The number of aromatic nitrogens is 1. The fourth-order valence-corrected chi connectivity index (χ4v) is 2.93. The Bertz CT molecular complexity index is 540. The average Bonchev–Trinajstić information content (AvgIpc) is 3.04. The maximum atomic E-state index is 12.4. The van der Waals surface area contributed by atoms with Gasteiger partial charge in [-0.15, -0.1) is 0 Å². The van der Waals surface area contributed by atoms with Gasteiger partial charge in [0.1, 0.15) is 18.3 Å². The standard InChI is InChI=1S/C14H20N2O4/c1-7-4-9(8(2)16(7)3)14(18)15-10-5-19-13-11(17)6-20-12(10)13/h4,10-13,17H,5-6H2,1-3H3,(H,15,18)/t10-,11-,12-,13-/m1/s1. The Morgan fingerprint density at radius 3 is 2.70 bits per heavy atom. The minimum atomic E-state index is -0.595. The Labute approximate surface area is 117 Å². The summed E-state index contributed by atoms with van der Waals surface area (Å²) in [4.78, 5) is 12.4. The van der Waals surface area contributed by atoms with E-state index in [2.05, 4.69) is 5.32 Å². The highest BCUT2D eigenvalue weighted by atomic mass is 16.6. The molecule has 1 amide bonds. The van der Waals surface area contributed by atoms with Crippen LogP contribution in [0.25, 0.3) is 0 Å². The number of aryl methyl sites for hydroxylation is 1. The summed E-state index contributed by atoms with van der Waals surface area (Å²) < 4.78 is 13.0. The van der Waals surface area contributed by atoms with E-state index in [1.165, 1.54) is 0 Å². The van der Waals surface area contributed by atoms with Crippen LogP contribution in [0.3, 0.4) is 0 Å². The first-order chi connectivity index (χ1) is 9.49. The summed E-state index contributed by atoms with van der Waals surface area (Å²) in [6.07, 6.45) is -1.17. The molecule has 6 nitrogen and oxygen atoms in total. The van der Waals surface area contributed by atoms with Crippen LogP contribution in [0.4, 0.5) is 0 Å². The summed E-state index contributed by atoms with van der Waals surface area (Å²) in [5, 5.41) is 12.6. The lowest BCUT2D eigenvalue weighted by Gasteiger charge is -2.17. The summed E-state index contributed by atoms with van der Waals surface area (Å²) in [5.41, 5.74) is 2.65. The molecule has 6 heteroatoms. The summed E-state index contributed by atoms with van der Waals surface area (Å²) in [5.74, 6) is -0.120. The fraction of sp³-hybridized carbons (Fsp3) is 0.643. The van der Waals surface area contributed by atoms with Gasteiger partial charge in [-0.25, -0.2) is 0 Å². The summed E-state index contributed by atoms with van der Waals surface area (Å²) in [6.45, 7) is 4.54. The largest absolute Gasteiger partial charge is 0.388 e. The predicted octanol–water partition coefficient (Wildman–Crippen LogP) is -0.101. The molecule has 3 heterocycles. The van der Waals surface area contributed by atoms with E-state index in [1.807, 2.05) is 31.5 Å². The number of carbonyl (C=O) groups is 1. The van der Waals surface area contributed by atoms with Crippen LogP contribution in [0.5, 0.6) is 0 Å². The maximum absolute atomic E-state index is 12.4. The quantitative estimate of drug-likeness (QED) is 0.793. The number of carbonyl (C=O) groups excluding carboxylic acids is 1. The third-order valence-corrected chi connectivity index (χ3v) is 4.36. The molecule has 0 aromatic carbocycles. The van der Waals surface area contributed by atoms with Gasteiger partial charge in [-0.2, -0.15) is 0 Å². The van der Waals surface area contributed by atoms with Gasteiger partial charge in [-0.1, -0.05) is 0 Å². The molecule has 1 aromatic heterocycles. The van der Waals surface area contributed by atoms with Crippen molar-refractivity contribution in [2.24, 2.45) is 7.05 Å². The van der Waals surface area contributed by atoms with Gasteiger partial charge in [0, 0.05) is 18.4 Å². The first kappa shape index (κ1) is 13.6. The molecule has 0 aliphatic carbocycles. The van der Waals surface area contributed by atoms with Crippen molar-refractivity contribution in [1.82, 2.24) is 9.88 Å². The van der Waals surface area contributed by atoms with E-state index in [0.29, 0.717) is 12.2 Å². The van der Waals surface area contributed by atoms with E-state index in [9.17, 15) is 9.90 Å². The number of amides is 1. The Kier molecular flexibility index (Phi) is 3.32. The highest BCUT2D eigenvalue weighted by Crippen LogP contribution is 2.27. The molecule has 3 rings (SSSR count). The van der Waals surface area contributed by atoms with Gasteiger partial charge in [0.2, 0.25) is 0 Å². The lowest BCUT2D eigenvalue weighted by atomic mass is 10.1. The van der Waals surface area contributed by atoms with Crippen LogP contribution >= 0.6 is 0 Å². The Morgan fingerprint density at radius 2 is 2.05 bits per heavy atom. The number of aliphatic hydroxyl groups is 1. The minimum Gasteiger partial charge on any atom is -0.388 e. The third kappa shape index (κ3) is 2.04. The van der Waals surface area contributed by atoms with E-state index < -0.39 is 6.10 Å². The smallest absolute Gasteiger partial charge is 0.253 e. The number of nitrogens with zero attached hydrogens (tertiary/aromatic N) is 1. The number of nitrogens with one attached hydrogen (secondary N) is 1. The zero-order valence-electron chi connectivity index (χ0n) is 11.9. The molecule has 2 saturated heterocycles. The Hall–Kier alpha value is -1.37. The van der Waals surface area contributed by atoms with Crippen molar-refractivity contribution in [2.45, 2.75) is 38.2 Å². The lowest BCUT2D eigenvalue weighted by molar-refractivity contribution is 0.0178. The lowest BCUT2D eigenvalue weighted by Crippen LogP contribution is -2.44. The Balaban J connectivity index is 1.72. The van der Waals surface area contributed by atoms with Gasteiger partial charge in [0.25, 0.3) is 5.91 Å². The van der Waals surface area contributed by atoms with E-state index in [0.717, 1.165) is 11.4 Å². The number of rotatable bonds is 2. The van der Waals surface area contributed by atoms with E-state index in [-0.39, 0.29) is 30.8 Å². The van der Waals surface area contributed by atoms with Crippen LogP contribution in [0.1, 0.15) is 21.7 Å². The van der Waals surface area contributed by atoms with Crippen LogP contribution in [-0.2, 0) is 16.5 Å². The number of hydrogen-bond donors (Lipinski definition) is 2. The van der Waals surface area contributed by atoms with Crippen molar-refractivity contribution in [1.29, 1.82) is 0 Å². The predicted molar refractivity (Wildman–Crippen MR) is 71.6 cm³/mol. The van der Waals surface area contributed by atoms with E-state index in [1.54, 1.807) is 0 Å². The van der Waals surface area contributed by atoms with E-state index in [4.69, 9.17) is 9.47 Å². The second kappa shape index (κ2) is 4.87. The van der Waals surface area contributed by atoms with Crippen molar-refractivity contribution in [3.05, 3.63) is 23.0 Å². The van der Waals surface area contributed by atoms with E-state index >= 15 is 0 Å². The monoisotopic (exact) mass is 280 g/mol. The normalized spacial score (nSPS) is 32.4. The van der Waals surface area contributed by atoms with Gasteiger partial charge in [0.05, 0.1) is 24.8 Å². The fourth-order valence-electron chi connectivity index (χ4n) is 2.93. The molecular weight excluding hydrogens is 260 g/mol. The van der Waals surface area contributed by atoms with Crippen molar-refractivity contribution in [2.75, 3.05) is 13.2 Å². The molecule has 20 heavy (non-hydrogen) atoms.